The highest BCUT2D eigenvalue weighted by Crippen LogP contribution is 2.22. The Balaban J connectivity index is 2.82. The van der Waals surface area contributed by atoms with E-state index in [0.29, 0.717) is 0 Å². The van der Waals surface area contributed by atoms with Crippen LogP contribution in [0.2, 0.25) is 0 Å². The highest BCUT2D eigenvalue weighted by molar-refractivity contribution is 6.06. The van der Waals surface area contributed by atoms with E-state index in [2.05, 4.69) is 5.32 Å². The van der Waals surface area contributed by atoms with Crippen molar-refractivity contribution in [3.05, 3.63) is 0 Å². The first-order chi connectivity index (χ1) is 6.13. The van der Waals surface area contributed by atoms with Gasteiger partial charge in [0.1, 0.15) is 12.1 Å². The summed E-state index contributed by atoms with van der Waals surface area (Å²) >= 11 is 0. The Hall–Kier alpha value is -1.27. The molecule has 0 aromatic rings. The van der Waals surface area contributed by atoms with E-state index in [9.17, 15) is 22.8 Å². The maximum absolute atomic E-state index is 11.9. The zero-order valence-corrected chi connectivity index (χ0v) is 7.60. The van der Waals surface area contributed by atoms with Gasteiger partial charge in [0.05, 0.1) is 0 Å². The molecule has 80 valence electrons. The predicted molar refractivity (Wildman–Crippen MR) is 40.4 cm³/mol. The van der Waals surface area contributed by atoms with E-state index < -0.39 is 30.2 Å². The second-order valence-corrected chi connectivity index (χ2v) is 3.56. The fraction of sp³-hybridized carbons (Fsp3) is 0.714. The molecular formula is C7H9F3N2O2. The van der Waals surface area contributed by atoms with Crippen molar-refractivity contribution in [2.75, 3.05) is 6.54 Å². The van der Waals surface area contributed by atoms with E-state index in [0.717, 1.165) is 0 Å². The number of hydrogen-bond donors (Lipinski definition) is 1. The van der Waals surface area contributed by atoms with E-state index in [-0.39, 0.29) is 4.90 Å². The van der Waals surface area contributed by atoms with Crippen molar-refractivity contribution in [1.29, 1.82) is 0 Å². The minimum atomic E-state index is -4.56. The van der Waals surface area contributed by atoms with Crippen molar-refractivity contribution in [3.8, 4) is 0 Å². The molecule has 0 aromatic heterocycles. The van der Waals surface area contributed by atoms with E-state index in [1.54, 1.807) is 0 Å². The lowest BCUT2D eigenvalue weighted by Crippen LogP contribution is -2.42. The smallest absolute Gasteiger partial charge is 0.324 e. The largest absolute Gasteiger partial charge is 0.406 e. The summed E-state index contributed by atoms with van der Waals surface area (Å²) in [5.74, 6) is -0.861. The van der Waals surface area contributed by atoms with Gasteiger partial charge in [0.15, 0.2) is 0 Å². The van der Waals surface area contributed by atoms with Crippen LogP contribution in [0.5, 0.6) is 0 Å². The predicted octanol–water partition coefficient (Wildman–Crippen LogP) is 0.879. The van der Waals surface area contributed by atoms with Crippen molar-refractivity contribution in [1.82, 2.24) is 10.2 Å². The van der Waals surface area contributed by atoms with Crippen LogP contribution >= 0.6 is 0 Å². The molecule has 0 saturated carbocycles. The normalized spacial score (nSPS) is 21.4. The van der Waals surface area contributed by atoms with Crippen LogP contribution in [0.1, 0.15) is 13.8 Å². The fourth-order valence-corrected chi connectivity index (χ4v) is 1.14. The van der Waals surface area contributed by atoms with Gasteiger partial charge in [0.2, 0.25) is 0 Å². The molecule has 7 heteroatoms. The molecule has 0 radical (unpaired) electrons. The van der Waals surface area contributed by atoms with Crippen LogP contribution in [0.3, 0.4) is 0 Å². The number of urea groups is 1. The molecule has 4 nitrogen and oxygen atoms in total. The number of halogens is 3. The summed E-state index contributed by atoms with van der Waals surface area (Å²) in [4.78, 5) is 22.4. The number of hydrogen-bond acceptors (Lipinski definition) is 2. The molecule has 1 aliphatic rings. The van der Waals surface area contributed by atoms with Gasteiger partial charge in [-0.25, -0.2) is 4.79 Å². The highest BCUT2D eigenvalue weighted by atomic mass is 19.4. The molecule has 0 unspecified atom stereocenters. The van der Waals surface area contributed by atoms with Crippen LogP contribution in [-0.2, 0) is 4.79 Å². The molecule has 1 N–H and O–H groups in total. The van der Waals surface area contributed by atoms with Gasteiger partial charge in [-0.05, 0) is 13.8 Å². The number of imide groups is 1. The van der Waals surface area contributed by atoms with Crippen LogP contribution in [0.4, 0.5) is 18.0 Å². The van der Waals surface area contributed by atoms with E-state index in [4.69, 9.17) is 0 Å². The zero-order valence-electron chi connectivity index (χ0n) is 7.60. The van der Waals surface area contributed by atoms with E-state index in [1.807, 2.05) is 0 Å². The van der Waals surface area contributed by atoms with Gasteiger partial charge in [0.25, 0.3) is 5.91 Å². The van der Waals surface area contributed by atoms with Gasteiger partial charge in [-0.2, -0.15) is 13.2 Å². The standard InChI is InChI=1S/C7H9F3N2O2/c1-6(2)4(13)12(5(14)11-6)3-7(8,9)10/h3H2,1-2H3,(H,11,14). The van der Waals surface area contributed by atoms with Gasteiger partial charge >= 0.3 is 12.2 Å². The summed E-state index contributed by atoms with van der Waals surface area (Å²) in [5, 5.41) is 2.15. The zero-order chi connectivity index (χ0) is 11.1. The molecule has 14 heavy (non-hydrogen) atoms. The number of carbonyl (C=O) groups is 2. The van der Waals surface area contributed by atoms with Crippen LogP contribution < -0.4 is 5.32 Å². The molecule has 0 atom stereocenters. The number of amides is 3. The number of carbonyl (C=O) groups excluding carboxylic acids is 2. The summed E-state index contributed by atoms with van der Waals surface area (Å²) in [6.45, 7) is 1.16. The molecule has 1 aliphatic heterocycles. The SMILES string of the molecule is CC1(C)NC(=O)N(CC(F)(F)F)C1=O. The Bertz CT molecular complexity index is 285. The maximum Gasteiger partial charge on any atom is 0.406 e. The van der Waals surface area contributed by atoms with Crippen molar-refractivity contribution < 1.29 is 22.8 Å². The number of nitrogens with zero attached hydrogens (tertiary/aromatic N) is 1. The molecule has 3 amide bonds. The lowest BCUT2D eigenvalue weighted by Gasteiger charge is -2.17. The quantitative estimate of drug-likeness (QED) is 0.653. The Labute approximate surface area is 78.1 Å². The molecule has 1 saturated heterocycles. The summed E-state index contributed by atoms with van der Waals surface area (Å²) in [7, 11) is 0. The van der Waals surface area contributed by atoms with Crippen molar-refractivity contribution in [2.45, 2.75) is 25.6 Å². The third-order valence-corrected chi connectivity index (χ3v) is 1.78. The van der Waals surface area contributed by atoms with Gasteiger partial charge in [-0.15, -0.1) is 0 Å². The Morgan fingerprint density at radius 2 is 1.86 bits per heavy atom. The first-order valence-corrected chi connectivity index (χ1v) is 3.84. The summed E-state index contributed by atoms with van der Waals surface area (Å²) < 4.78 is 35.8. The molecule has 1 fully saturated rings. The minimum Gasteiger partial charge on any atom is -0.324 e. The first kappa shape index (κ1) is 10.8. The van der Waals surface area contributed by atoms with Crippen LogP contribution in [0.25, 0.3) is 0 Å². The third-order valence-electron chi connectivity index (χ3n) is 1.78. The number of rotatable bonds is 1. The van der Waals surface area contributed by atoms with Crippen molar-refractivity contribution >= 4 is 11.9 Å². The van der Waals surface area contributed by atoms with Gasteiger partial charge in [-0.1, -0.05) is 0 Å². The molecular weight excluding hydrogens is 201 g/mol. The molecule has 0 aliphatic carbocycles. The Kier molecular flexibility index (Phi) is 2.21. The topological polar surface area (TPSA) is 49.4 Å². The third kappa shape index (κ3) is 1.97. The Morgan fingerprint density at radius 1 is 1.36 bits per heavy atom. The molecule has 0 aromatic carbocycles. The van der Waals surface area contributed by atoms with Gasteiger partial charge < -0.3 is 5.32 Å². The Morgan fingerprint density at radius 3 is 2.14 bits per heavy atom. The lowest BCUT2D eigenvalue weighted by atomic mass is 10.1. The van der Waals surface area contributed by atoms with Gasteiger partial charge in [0, 0.05) is 0 Å². The lowest BCUT2D eigenvalue weighted by molar-refractivity contribution is -0.154. The minimum absolute atomic E-state index is 0.167. The van der Waals surface area contributed by atoms with Crippen molar-refractivity contribution in [2.24, 2.45) is 0 Å². The second-order valence-electron chi connectivity index (χ2n) is 3.56. The van der Waals surface area contributed by atoms with Gasteiger partial charge in [-0.3, -0.25) is 9.69 Å². The summed E-state index contributed by atoms with van der Waals surface area (Å²) in [6, 6.07) is -1.00. The highest BCUT2D eigenvalue weighted by Gasteiger charge is 2.48. The summed E-state index contributed by atoms with van der Waals surface area (Å²) in [6.07, 6.45) is -4.56. The van der Waals surface area contributed by atoms with Crippen molar-refractivity contribution in [3.63, 3.8) is 0 Å². The second kappa shape index (κ2) is 2.86. The van der Waals surface area contributed by atoms with E-state index >= 15 is 0 Å². The molecule has 0 spiro atoms. The molecule has 1 rings (SSSR count). The average Bonchev–Trinajstić information content (AvgIpc) is 2.10. The average molecular weight is 210 g/mol. The number of nitrogens with one attached hydrogen (secondary N) is 1. The van der Waals surface area contributed by atoms with E-state index in [1.165, 1.54) is 13.8 Å². The van der Waals surface area contributed by atoms with Crippen LogP contribution in [0.15, 0.2) is 0 Å². The molecule has 0 bridgehead atoms. The monoisotopic (exact) mass is 210 g/mol. The van der Waals surface area contributed by atoms with Crippen LogP contribution in [0, 0.1) is 0 Å². The first-order valence-electron chi connectivity index (χ1n) is 3.84. The maximum atomic E-state index is 11.9. The number of alkyl halides is 3. The fourth-order valence-electron chi connectivity index (χ4n) is 1.14. The molecule has 1 heterocycles. The summed E-state index contributed by atoms with van der Waals surface area (Å²) in [5.41, 5.74) is -1.25. The van der Waals surface area contributed by atoms with Crippen LogP contribution in [-0.4, -0.2) is 35.1 Å².